The Balaban J connectivity index is 0.000000613. The van der Waals surface area contributed by atoms with E-state index in [1.54, 1.807) is 34.1 Å². The number of likely N-dealkylation sites (tertiary alicyclic amines) is 3. The molecule has 3 aromatic rings. The van der Waals surface area contributed by atoms with Gasteiger partial charge in [0.15, 0.2) is 5.84 Å². The second kappa shape index (κ2) is 33.5. The number of amidine groups is 1. The molecule has 0 radical (unpaired) electrons. The van der Waals surface area contributed by atoms with E-state index in [9.17, 15) is 31.2 Å². The standard InChI is InChI=1S/C23H34N6O4S.C15H25N5O2S.C9H17NO2.C8H15NO3.4CH4/c1-23(2,3)33-22(30)28-14-18(15-28)29-26-21(25-27-29)20-13-19(34(31,32)24-4)11-10-17(20)12-16-8-6-5-7-9-16;1-18-23(21,22)13-8-7-12(9-11-5-3-2-4-6-11)14(10-13)15(16)19-20-17;1-7-5-10(6-7)8(11)12-9(2,3)4;1-8(2,3)12-7(11)9-4-6(10)5-9;;;;/h10-11,13,16,18,24H,5-9,12,14-15H2,1-4H3;7-8,10-11,18,20H,2-6,9,17H2,1H3,(H2,16,19);7H,5-6H2,1-4H3;6,10H,4-5H2,1-3H3;4*1H4. The first-order chi connectivity index (χ1) is 37.8. The second-order valence-electron chi connectivity index (χ2n) is 24.6. The van der Waals surface area contributed by atoms with Crippen LogP contribution < -0.4 is 26.6 Å². The third-order valence-electron chi connectivity index (χ3n) is 14.0. The first kappa shape index (κ1) is 77.3. The molecule has 0 unspecified atom stereocenters. The number of amides is 3. The molecule has 5 fully saturated rings. The minimum absolute atomic E-state index is 0. The predicted molar refractivity (Wildman–Crippen MR) is 335 cm³/mol. The molecular formula is C59H107N13O11S2. The molecule has 3 aliphatic heterocycles. The van der Waals surface area contributed by atoms with Crippen molar-refractivity contribution in [2.75, 3.05) is 53.4 Å². The lowest BCUT2D eigenvalue weighted by Crippen LogP contribution is -2.54. The fraction of sp³-hybridized carbons (Fsp3) is 0.712. The van der Waals surface area contributed by atoms with Gasteiger partial charge in [0.05, 0.1) is 42.1 Å². The van der Waals surface area contributed by atoms with Crippen LogP contribution in [0.2, 0.25) is 0 Å². The van der Waals surface area contributed by atoms with Crippen LogP contribution in [0.5, 0.6) is 0 Å². The number of carbonyl (C=O) groups is 3. The molecule has 3 amide bonds. The van der Waals surface area contributed by atoms with Gasteiger partial charge in [-0.25, -0.2) is 52.0 Å². The molecule has 2 aliphatic carbocycles. The Labute approximate surface area is 509 Å². The molecule has 5 aliphatic rings. The second-order valence-corrected chi connectivity index (χ2v) is 28.4. The van der Waals surface area contributed by atoms with Gasteiger partial charge in [0.1, 0.15) is 22.8 Å². The number of nitrogens with zero attached hydrogens (tertiary/aromatic N) is 8. The van der Waals surface area contributed by atoms with E-state index >= 15 is 0 Å². The van der Waals surface area contributed by atoms with Gasteiger partial charge in [-0.15, -0.1) is 15.3 Å². The van der Waals surface area contributed by atoms with E-state index in [0.29, 0.717) is 60.9 Å². The first-order valence-corrected chi connectivity index (χ1v) is 31.1. The van der Waals surface area contributed by atoms with Gasteiger partial charge in [0.25, 0.3) is 0 Å². The van der Waals surface area contributed by atoms with Crippen molar-refractivity contribution in [2.24, 2.45) is 34.4 Å². The van der Waals surface area contributed by atoms with E-state index in [0.717, 1.165) is 37.1 Å². The van der Waals surface area contributed by atoms with Crippen molar-refractivity contribution in [3.63, 3.8) is 0 Å². The van der Waals surface area contributed by atoms with Crippen LogP contribution in [0.4, 0.5) is 14.4 Å². The third-order valence-corrected chi connectivity index (χ3v) is 16.8. The Morgan fingerprint density at radius 3 is 1.44 bits per heavy atom. The Kier molecular flexibility index (Phi) is 30.4. The number of tetrazole rings is 1. The van der Waals surface area contributed by atoms with E-state index in [-0.39, 0.29) is 81.4 Å². The fourth-order valence-corrected chi connectivity index (χ4v) is 11.2. The number of nitrogens with two attached hydrogens (primary N) is 2. The monoisotopic (exact) mass is 1240 g/mol. The Hall–Kier alpha value is -5.67. The van der Waals surface area contributed by atoms with Crippen LogP contribution in [0.25, 0.3) is 11.4 Å². The van der Waals surface area contributed by atoms with Crippen molar-refractivity contribution in [1.82, 2.24) is 49.9 Å². The number of carbonyl (C=O) groups excluding carboxylic acids is 3. The number of aliphatic hydroxyl groups is 1. The summed E-state index contributed by atoms with van der Waals surface area (Å²) in [6.45, 7) is 22.1. The van der Waals surface area contributed by atoms with Crippen LogP contribution in [0.3, 0.4) is 0 Å². The minimum atomic E-state index is -3.60. The highest BCUT2D eigenvalue weighted by Crippen LogP contribution is 2.33. The molecule has 26 heteroatoms. The molecule has 3 saturated heterocycles. The normalized spacial score (nSPS) is 17.2. The lowest BCUT2D eigenvalue weighted by Gasteiger charge is -2.38. The maximum atomic E-state index is 12.4. The highest BCUT2D eigenvalue weighted by molar-refractivity contribution is 7.89. The van der Waals surface area contributed by atoms with Gasteiger partial charge in [-0.3, -0.25) is 0 Å². The number of hydrazine groups is 1. The summed E-state index contributed by atoms with van der Waals surface area (Å²) in [5.74, 6) is 7.60. The van der Waals surface area contributed by atoms with Crippen LogP contribution in [0, 0.1) is 17.8 Å². The van der Waals surface area contributed by atoms with E-state index in [1.807, 2.05) is 74.4 Å². The van der Waals surface area contributed by atoms with Crippen LogP contribution in [0.15, 0.2) is 51.3 Å². The summed E-state index contributed by atoms with van der Waals surface area (Å²) in [5, 5.41) is 25.8. The van der Waals surface area contributed by atoms with Crippen molar-refractivity contribution < 1.29 is 50.5 Å². The number of rotatable bonds is 12. The van der Waals surface area contributed by atoms with E-state index < -0.39 is 31.2 Å². The zero-order chi connectivity index (χ0) is 60.1. The van der Waals surface area contributed by atoms with Crippen LogP contribution in [0.1, 0.15) is 186 Å². The molecule has 0 bridgehead atoms. The quantitative estimate of drug-likeness (QED) is 0.0324. The SMILES string of the molecule is C.C.C.C.CC(C)(C)OC(=O)N1CC(O)C1.CC1CN(C(=O)OC(C)(C)C)C1.CNS(=O)(=O)c1ccc(CC2CCCCC2)c(-c2nnn(C3CN(C(=O)OC(C)(C)C)C3)n2)c1.CNS(=O)(=O)c1ccc(CC2CCCCC2)c(/C(N)=N/NN)c1. The molecule has 2 saturated carbocycles. The molecular weight excluding hydrogens is 1130 g/mol. The van der Waals surface area contributed by atoms with Crippen LogP contribution in [-0.4, -0.2) is 157 Å². The van der Waals surface area contributed by atoms with Gasteiger partial charge in [-0.1, -0.05) is 113 Å². The van der Waals surface area contributed by atoms with E-state index in [2.05, 4.69) is 42.4 Å². The van der Waals surface area contributed by atoms with E-state index in [1.165, 1.54) is 88.0 Å². The summed E-state index contributed by atoms with van der Waals surface area (Å²) in [5.41, 5.74) is 10.1. The lowest BCUT2D eigenvalue weighted by molar-refractivity contribution is -0.0303. The summed E-state index contributed by atoms with van der Waals surface area (Å²) in [4.78, 5) is 41.4. The molecule has 1 aromatic heterocycles. The molecule has 0 spiro atoms. The maximum Gasteiger partial charge on any atom is 0.410 e. The number of hydrogen-bond donors (Lipinski definition) is 6. The summed E-state index contributed by atoms with van der Waals surface area (Å²) < 4.78 is 69.2. The summed E-state index contributed by atoms with van der Waals surface area (Å²) in [6.07, 6.45) is 12.8. The average molecular weight is 1240 g/mol. The topological polar surface area (TPSA) is 321 Å². The zero-order valence-corrected chi connectivity index (χ0v) is 51.3. The maximum absolute atomic E-state index is 12.4. The lowest BCUT2D eigenvalue weighted by atomic mass is 9.84. The highest BCUT2D eigenvalue weighted by Gasteiger charge is 2.37. The summed E-state index contributed by atoms with van der Waals surface area (Å²) in [7, 11) is -4.36. The van der Waals surface area contributed by atoms with Gasteiger partial charge >= 0.3 is 18.3 Å². The number of ether oxygens (including phenoxy) is 3. The van der Waals surface area contributed by atoms with Crippen molar-refractivity contribution in [1.29, 1.82) is 0 Å². The van der Waals surface area contributed by atoms with Crippen molar-refractivity contribution in [3.8, 4) is 11.4 Å². The van der Waals surface area contributed by atoms with Gasteiger partial charge in [-0.05, 0) is 148 Å². The van der Waals surface area contributed by atoms with Crippen molar-refractivity contribution >= 4 is 44.2 Å². The Morgan fingerprint density at radius 1 is 0.635 bits per heavy atom. The Bertz CT molecular complexity index is 2780. The van der Waals surface area contributed by atoms with E-state index in [4.69, 9.17) is 30.9 Å². The summed E-state index contributed by atoms with van der Waals surface area (Å²) in [6, 6.07) is 10.0. The molecule has 24 nitrogen and oxygen atoms in total. The largest absolute Gasteiger partial charge is 0.444 e. The number of nitrogens with one attached hydrogen (secondary N) is 3. The molecule has 4 heterocycles. The number of hydrazone groups is 1. The number of aromatic nitrogens is 4. The first-order valence-electron chi connectivity index (χ1n) is 28.1. The number of β-amino-alcohol motifs (C(OH)–C–C–N with tert-alkyl or cyclic N) is 1. The van der Waals surface area contributed by atoms with Crippen LogP contribution >= 0.6 is 0 Å². The minimum Gasteiger partial charge on any atom is -0.444 e. The van der Waals surface area contributed by atoms with Crippen molar-refractivity contribution in [3.05, 3.63) is 53.1 Å². The fourth-order valence-electron chi connectivity index (χ4n) is 9.69. The van der Waals surface area contributed by atoms with Gasteiger partial charge in [-0.2, -0.15) is 4.80 Å². The van der Waals surface area contributed by atoms with Gasteiger partial charge < -0.3 is 39.8 Å². The average Bonchev–Trinajstić information content (AvgIpc) is 3.51. The third kappa shape index (κ3) is 24.2. The number of benzene rings is 2. The number of hydrogen-bond acceptors (Lipinski definition) is 17. The Morgan fingerprint density at radius 2 is 1.04 bits per heavy atom. The molecule has 8 rings (SSSR count). The predicted octanol–water partition coefficient (Wildman–Crippen LogP) is 8.98. The molecule has 85 heavy (non-hydrogen) atoms. The smallest absolute Gasteiger partial charge is 0.410 e. The van der Waals surface area contributed by atoms with Crippen LogP contribution in [-0.2, 0) is 47.1 Å². The molecule has 8 N–H and O–H groups in total. The molecule has 486 valence electrons. The van der Waals surface area contributed by atoms with Gasteiger partial charge in [0.2, 0.25) is 25.9 Å². The summed E-state index contributed by atoms with van der Waals surface area (Å²) >= 11 is 0. The van der Waals surface area contributed by atoms with Crippen molar-refractivity contribution in [2.45, 2.75) is 215 Å². The highest BCUT2D eigenvalue weighted by atomic mass is 32.2. The number of sulfonamides is 2. The van der Waals surface area contributed by atoms with Gasteiger partial charge in [0, 0.05) is 24.2 Å². The number of aliphatic hydroxyl groups excluding tert-OH is 1. The molecule has 2 aromatic carbocycles. The molecule has 0 atom stereocenters. The zero-order valence-electron chi connectivity index (χ0n) is 49.7.